The van der Waals surface area contributed by atoms with Crippen molar-refractivity contribution in [1.29, 1.82) is 0 Å². The Labute approximate surface area is 86.9 Å². The molecule has 2 rings (SSSR count). The van der Waals surface area contributed by atoms with Crippen molar-refractivity contribution in [3.05, 3.63) is 52.0 Å². The average Bonchev–Trinajstić information content (AvgIpc) is 2.49. The molecule has 1 aromatic carbocycles. The monoisotopic (exact) mass is 204 g/mol. The van der Waals surface area contributed by atoms with Crippen molar-refractivity contribution < 1.29 is 4.52 Å². The van der Waals surface area contributed by atoms with Gasteiger partial charge in [-0.05, 0) is 17.7 Å². The third-order valence-corrected chi connectivity index (χ3v) is 2.28. The van der Waals surface area contributed by atoms with E-state index in [1.165, 1.54) is 10.8 Å². The number of hydrogen-bond donors (Lipinski definition) is 1. The fraction of sp³-hybridized carbons (Fsp3) is 0.182. The van der Waals surface area contributed by atoms with E-state index in [-0.39, 0.29) is 5.63 Å². The summed E-state index contributed by atoms with van der Waals surface area (Å²) in [5.74, 6) is 0. The van der Waals surface area contributed by atoms with Crippen LogP contribution in [0.1, 0.15) is 11.3 Å². The van der Waals surface area contributed by atoms with Gasteiger partial charge in [0.15, 0.2) is 0 Å². The highest BCUT2D eigenvalue weighted by molar-refractivity contribution is 5.40. The molecule has 15 heavy (non-hydrogen) atoms. The Kier molecular flexibility index (Phi) is 2.33. The maximum atomic E-state index is 10.9. The second-order valence-corrected chi connectivity index (χ2v) is 3.46. The van der Waals surface area contributed by atoms with Gasteiger partial charge in [0.1, 0.15) is 0 Å². The number of aromatic nitrogens is 1. The second kappa shape index (κ2) is 3.65. The average molecular weight is 204 g/mol. The Morgan fingerprint density at radius 3 is 2.53 bits per heavy atom. The van der Waals surface area contributed by atoms with Crippen molar-refractivity contribution in [1.82, 2.24) is 4.74 Å². The predicted molar refractivity (Wildman–Crippen MR) is 57.6 cm³/mol. The molecule has 2 aromatic rings. The van der Waals surface area contributed by atoms with Crippen molar-refractivity contribution in [3.8, 4) is 0 Å². The molecule has 0 aliphatic carbocycles. The summed E-state index contributed by atoms with van der Waals surface area (Å²) in [4.78, 5) is 10.9. The molecule has 2 N–H and O–H groups in total. The van der Waals surface area contributed by atoms with Crippen molar-refractivity contribution >= 4 is 5.69 Å². The van der Waals surface area contributed by atoms with E-state index in [9.17, 15) is 4.79 Å². The van der Waals surface area contributed by atoms with Crippen molar-refractivity contribution in [2.45, 2.75) is 6.42 Å². The number of nitrogens with two attached hydrogens (primary N) is 1. The molecular formula is C11H12N2O2. The van der Waals surface area contributed by atoms with Gasteiger partial charge in [-0.15, -0.1) is 0 Å². The number of benzene rings is 1. The minimum absolute atomic E-state index is 0.317. The normalized spacial score (nSPS) is 10.5. The number of nitrogens with zero attached hydrogens (tertiary/aromatic N) is 1. The van der Waals surface area contributed by atoms with Crippen LogP contribution in [0.2, 0.25) is 0 Å². The zero-order valence-corrected chi connectivity index (χ0v) is 8.43. The van der Waals surface area contributed by atoms with Crippen LogP contribution in [-0.2, 0) is 13.5 Å². The van der Waals surface area contributed by atoms with Crippen LogP contribution in [0, 0.1) is 0 Å². The van der Waals surface area contributed by atoms with E-state index >= 15 is 0 Å². The van der Waals surface area contributed by atoms with Gasteiger partial charge in [0.05, 0.1) is 5.69 Å². The Bertz CT molecular complexity index is 508. The molecule has 0 atom stereocenters. The lowest BCUT2D eigenvalue weighted by Crippen LogP contribution is -1.96. The summed E-state index contributed by atoms with van der Waals surface area (Å²) in [7, 11) is 1.72. The first-order chi connectivity index (χ1) is 7.15. The smallest absolute Gasteiger partial charge is 0.357 e. The molecule has 4 heteroatoms. The fourth-order valence-corrected chi connectivity index (χ4v) is 1.45. The molecule has 0 saturated carbocycles. The lowest BCUT2D eigenvalue weighted by Gasteiger charge is -2.01. The zero-order valence-electron chi connectivity index (χ0n) is 8.43. The molecule has 0 radical (unpaired) electrons. The van der Waals surface area contributed by atoms with Gasteiger partial charge in [-0.1, -0.05) is 12.1 Å². The van der Waals surface area contributed by atoms with Crippen LogP contribution in [0.5, 0.6) is 0 Å². The number of hydrogen-bond acceptors (Lipinski definition) is 3. The summed E-state index contributed by atoms with van der Waals surface area (Å²) in [6.45, 7) is 0. The lowest BCUT2D eigenvalue weighted by atomic mass is 10.1. The van der Waals surface area contributed by atoms with Crippen molar-refractivity contribution in [2.75, 3.05) is 5.73 Å². The van der Waals surface area contributed by atoms with Gasteiger partial charge in [-0.3, -0.25) is 0 Å². The summed E-state index contributed by atoms with van der Waals surface area (Å²) in [5.41, 5.74) is 7.95. The topological polar surface area (TPSA) is 61.2 Å². The molecule has 0 fully saturated rings. The molecule has 78 valence electrons. The first-order valence-corrected chi connectivity index (χ1v) is 4.66. The molecule has 4 nitrogen and oxygen atoms in total. The van der Waals surface area contributed by atoms with Crippen LogP contribution >= 0.6 is 0 Å². The van der Waals surface area contributed by atoms with Crippen LogP contribution < -0.4 is 11.4 Å². The van der Waals surface area contributed by atoms with Crippen LogP contribution in [0.25, 0.3) is 0 Å². The molecule has 0 unspecified atom stereocenters. The maximum Gasteiger partial charge on any atom is 0.357 e. The number of aryl methyl sites for hydroxylation is 1. The minimum atomic E-state index is -0.317. The fourth-order valence-electron chi connectivity index (χ4n) is 1.45. The number of rotatable bonds is 2. The summed E-state index contributed by atoms with van der Waals surface area (Å²) in [5, 5.41) is 0. The van der Waals surface area contributed by atoms with Gasteiger partial charge < -0.3 is 10.3 Å². The van der Waals surface area contributed by atoms with Crippen LogP contribution in [-0.4, -0.2) is 4.74 Å². The standard InChI is InChI=1S/C11H12N2O2/c1-13-10(7-11(14)15-13)6-8-2-4-9(12)5-3-8/h2-5,7H,6,12H2,1H3. The first-order valence-electron chi connectivity index (χ1n) is 4.66. The highest BCUT2D eigenvalue weighted by Crippen LogP contribution is 2.10. The molecule has 1 aromatic heterocycles. The molecule has 0 aliphatic rings. The minimum Gasteiger partial charge on any atom is -0.399 e. The van der Waals surface area contributed by atoms with E-state index in [4.69, 9.17) is 10.3 Å². The number of anilines is 1. The molecule has 0 aliphatic heterocycles. The molecule has 0 amide bonds. The Balaban J connectivity index is 2.25. The first kappa shape index (κ1) is 9.58. The van der Waals surface area contributed by atoms with Gasteiger partial charge in [-0.2, -0.15) is 0 Å². The van der Waals surface area contributed by atoms with E-state index < -0.39 is 0 Å². The summed E-state index contributed by atoms with van der Waals surface area (Å²) >= 11 is 0. The third-order valence-electron chi connectivity index (χ3n) is 2.28. The van der Waals surface area contributed by atoms with Crippen LogP contribution in [0.3, 0.4) is 0 Å². The zero-order chi connectivity index (χ0) is 10.8. The van der Waals surface area contributed by atoms with Crippen molar-refractivity contribution in [2.24, 2.45) is 7.05 Å². The quantitative estimate of drug-likeness (QED) is 0.746. The third kappa shape index (κ3) is 2.10. The largest absolute Gasteiger partial charge is 0.399 e. The molecule has 0 spiro atoms. The van der Waals surface area contributed by atoms with Crippen molar-refractivity contribution in [3.63, 3.8) is 0 Å². The predicted octanol–water partition coefficient (Wildman–Crippen LogP) is 1.15. The van der Waals surface area contributed by atoms with Gasteiger partial charge in [-0.25, -0.2) is 9.53 Å². The second-order valence-electron chi connectivity index (χ2n) is 3.46. The highest BCUT2D eigenvalue weighted by Gasteiger charge is 2.03. The Hall–Kier alpha value is -1.97. The Morgan fingerprint density at radius 2 is 2.00 bits per heavy atom. The van der Waals surface area contributed by atoms with E-state index in [1.54, 1.807) is 7.05 Å². The SMILES string of the molecule is Cn1oc(=O)cc1Cc1ccc(N)cc1. The maximum absolute atomic E-state index is 10.9. The lowest BCUT2D eigenvalue weighted by molar-refractivity contribution is 0.278. The highest BCUT2D eigenvalue weighted by atomic mass is 16.5. The van der Waals surface area contributed by atoms with E-state index in [2.05, 4.69) is 0 Å². The summed E-state index contributed by atoms with van der Waals surface area (Å²) < 4.78 is 6.33. The van der Waals surface area contributed by atoms with Crippen LogP contribution in [0.15, 0.2) is 39.6 Å². The molecular weight excluding hydrogens is 192 g/mol. The van der Waals surface area contributed by atoms with Crippen LogP contribution in [0.4, 0.5) is 5.69 Å². The number of nitrogen functional groups attached to an aromatic ring is 1. The van der Waals surface area contributed by atoms with Gasteiger partial charge in [0.2, 0.25) is 0 Å². The molecule has 1 heterocycles. The molecule has 0 saturated heterocycles. The van der Waals surface area contributed by atoms with E-state index in [1.807, 2.05) is 24.3 Å². The summed E-state index contributed by atoms with van der Waals surface area (Å²) in [6.07, 6.45) is 0.669. The van der Waals surface area contributed by atoms with Gasteiger partial charge in [0.25, 0.3) is 0 Å². The summed E-state index contributed by atoms with van der Waals surface area (Å²) in [6, 6.07) is 9.05. The van der Waals surface area contributed by atoms with Gasteiger partial charge >= 0.3 is 5.63 Å². The molecule has 0 bridgehead atoms. The Morgan fingerprint density at radius 1 is 1.33 bits per heavy atom. The van der Waals surface area contributed by atoms with E-state index in [0.717, 1.165) is 16.9 Å². The van der Waals surface area contributed by atoms with E-state index in [0.29, 0.717) is 6.42 Å². The van der Waals surface area contributed by atoms with Gasteiger partial charge in [0, 0.05) is 25.2 Å².